The zero-order valence-corrected chi connectivity index (χ0v) is 16.5. The molecule has 0 aliphatic carbocycles. The fourth-order valence-electron chi connectivity index (χ4n) is 2.23. The summed E-state index contributed by atoms with van der Waals surface area (Å²) >= 11 is 11.3. The molecule has 2 rings (SSSR count). The van der Waals surface area contributed by atoms with Crippen LogP contribution in [0.4, 0.5) is 5.69 Å². The Morgan fingerprint density at radius 1 is 1.19 bits per heavy atom. The minimum Gasteiger partial charge on any atom is -0.493 e. The molecule has 0 radical (unpaired) electrons. The second-order valence-electron chi connectivity index (χ2n) is 6.33. The van der Waals surface area contributed by atoms with Crippen LogP contribution in [0.1, 0.15) is 25.8 Å². The number of carbonyl (C=O) groups excluding carboxylic acids is 1. The van der Waals surface area contributed by atoms with E-state index in [0.29, 0.717) is 30.4 Å². The minimum atomic E-state index is -0.158. The first-order valence-electron chi connectivity index (χ1n) is 8.51. The number of carbonyl (C=O) groups is 1. The van der Waals surface area contributed by atoms with Crippen molar-refractivity contribution in [3.05, 3.63) is 59.1 Å². The third-order valence-corrected chi connectivity index (χ3v) is 4.08. The molecular formula is C20H23ClN2O2S. The molecule has 4 nitrogen and oxygen atoms in total. The minimum absolute atomic E-state index is 0.158. The molecule has 0 spiro atoms. The van der Waals surface area contributed by atoms with Crippen molar-refractivity contribution in [2.45, 2.75) is 26.7 Å². The van der Waals surface area contributed by atoms with Crippen LogP contribution in [0.5, 0.6) is 5.75 Å². The van der Waals surface area contributed by atoms with Crippen LogP contribution in [0.3, 0.4) is 0 Å². The van der Waals surface area contributed by atoms with Crippen molar-refractivity contribution >= 4 is 40.5 Å². The number of amides is 1. The van der Waals surface area contributed by atoms with E-state index >= 15 is 0 Å². The predicted molar refractivity (Wildman–Crippen MR) is 111 cm³/mol. The maximum atomic E-state index is 12.1. The van der Waals surface area contributed by atoms with Gasteiger partial charge in [0.05, 0.1) is 6.61 Å². The predicted octanol–water partition coefficient (Wildman–Crippen LogP) is 4.82. The average Bonchev–Trinajstić information content (AvgIpc) is 2.59. The van der Waals surface area contributed by atoms with Gasteiger partial charge in [0.2, 0.25) is 5.91 Å². The van der Waals surface area contributed by atoms with E-state index in [0.717, 1.165) is 17.0 Å². The zero-order valence-electron chi connectivity index (χ0n) is 14.9. The van der Waals surface area contributed by atoms with E-state index in [4.69, 9.17) is 28.6 Å². The number of rotatable bonds is 7. The van der Waals surface area contributed by atoms with Gasteiger partial charge in [-0.15, -0.1) is 0 Å². The molecule has 1 amide bonds. The van der Waals surface area contributed by atoms with Gasteiger partial charge in [-0.05, 0) is 48.3 Å². The quantitative estimate of drug-likeness (QED) is 0.665. The molecule has 0 aliphatic rings. The summed E-state index contributed by atoms with van der Waals surface area (Å²) in [7, 11) is 0. The van der Waals surface area contributed by atoms with Crippen molar-refractivity contribution < 1.29 is 9.53 Å². The van der Waals surface area contributed by atoms with Gasteiger partial charge in [-0.25, -0.2) is 0 Å². The highest BCUT2D eigenvalue weighted by Gasteiger charge is 2.08. The van der Waals surface area contributed by atoms with Crippen LogP contribution >= 0.6 is 23.8 Å². The molecular weight excluding hydrogens is 368 g/mol. The Labute approximate surface area is 164 Å². The number of halogens is 1. The highest BCUT2D eigenvalue weighted by Crippen LogP contribution is 2.18. The highest BCUT2D eigenvalue weighted by molar-refractivity contribution is 7.80. The summed E-state index contributed by atoms with van der Waals surface area (Å²) in [5.74, 6) is 1.05. The molecule has 0 saturated heterocycles. The Morgan fingerprint density at radius 3 is 2.69 bits per heavy atom. The van der Waals surface area contributed by atoms with Crippen molar-refractivity contribution in [3.63, 3.8) is 0 Å². The van der Waals surface area contributed by atoms with Crippen LogP contribution in [0.2, 0.25) is 5.02 Å². The van der Waals surface area contributed by atoms with Gasteiger partial charge in [-0.1, -0.05) is 49.7 Å². The summed E-state index contributed by atoms with van der Waals surface area (Å²) in [6.45, 7) is 4.83. The molecule has 6 heteroatoms. The molecule has 26 heavy (non-hydrogen) atoms. The number of aryl methyl sites for hydroxylation is 1. The van der Waals surface area contributed by atoms with Gasteiger partial charge in [-0.2, -0.15) is 0 Å². The number of hydrogen-bond acceptors (Lipinski definition) is 3. The summed E-state index contributed by atoms with van der Waals surface area (Å²) in [5, 5.41) is 6.61. The largest absolute Gasteiger partial charge is 0.493 e. The maximum Gasteiger partial charge on any atom is 0.226 e. The summed E-state index contributed by atoms with van der Waals surface area (Å²) < 4.78 is 5.69. The first-order valence-corrected chi connectivity index (χ1v) is 9.30. The fraction of sp³-hybridized carbons (Fsp3) is 0.300. The topological polar surface area (TPSA) is 50.4 Å². The molecule has 0 aliphatic heterocycles. The van der Waals surface area contributed by atoms with Crippen LogP contribution in [-0.2, 0) is 11.2 Å². The van der Waals surface area contributed by atoms with Gasteiger partial charge in [0.1, 0.15) is 5.75 Å². The van der Waals surface area contributed by atoms with Crippen molar-refractivity contribution in [2.75, 3.05) is 11.9 Å². The van der Waals surface area contributed by atoms with E-state index in [9.17, 15) is 4.79 Å². The Bertz CT molecular complexity index is 765. The Kier molecular flexibility index (Phi) is 7.88. The smallest absolute Gasteiger partial charge is 0.226 e. The first-order chi connectivity index (χ1) is 12.4. The van der Waals surface area contributed by atoms with E-state index in [1.807, 2.05) is 48.5 Å². The molecule has 138 valence electrons. The van der Waals surface area contributed by atoms with E-state index < -0.39 is 0 Å². The molecule has 0 saturated carbocycles. The van der Waals surface area contributed by atoms with Crippen LogP contribution < -0.4 is 15.4 Å². The highest BCUT2D eigenvalue weighted by atomic mass is 35.5. The first kappa shape index (κ1) is 20.2. The van der Waals surface area contributed by atoms with Crippen LogP contribution in [-0.4, -0.2) is 17.6 Å². The number of anilines is 1. The van der Waals surface area contributed by atoms with Crippen molar-refractivity contribution in [3.8, 4) is 5.75 Å². The normalized spacial score (nSPS) is 10.5. The number of nitrogens with one attached hydrogen (secondary N) is 2. The van der Waals surface area contributed by atoms with E-state index in [-0.39, 0.29) is 11.0 Å². The van der Waals surface area contributed by atoms with Crippen molar-refractivity contribution in [2.24, 2.45) is 5.92 Å². The van der Waals surface area contributed by atoms with Gasteiger partial charge in [-0.3, -0.25) is 4.79 Å². The van der Waals surface area contributed by atoms with Gasteiger partial charge in [0, 0.05) is 23.2 Å². The Morgan fingerprint density at radius 2 is 1.96 bits per heavy atom. The van der Waals surface area contributed by atoms with Crippen molar-refractivity contribution in [1.82, 2.24) is 5.32 Å². The number of ether oxygens (including phenoxy) is 1. The molecule has 2 aromatic carbocycles. The molecule has 0 unspecified atom stereocenters. The second kappa shape index (κ2) is 10.1. The molecule has 0 aromatic heterocycles. The summed E-state index contributed by atoms with van der Waals surface area (Å²) in [6, 6.07) is 15.0. The van der Waals surface area contributed by atoms with Crippen LogP contribution in [0.25, 0.3) is 0 Å². The fourth-order valence-corrected chi connectivity index (χ4v) is 2.69. The lowest BCUT2D eigenvalue weighted by Crippen LogP contribution is -2.34. The lowest BCUT2D eigenvalue weighted by atomic mass is 10.1. The SMILES string of the molecule is CC(C)COc1cccc(NC(=S)NC(=O)CCc2ccccc2Cl)c1. The van der Waals surface area contributed by atoms with E-state index in [1.165, 1.54) is 0 Å². The molecule has 0 heterocycles. The maximum absolute atomic E-state index is 12.1. The van der Waals surface area contributed by atoms with Crippen LogP contribution in [0, 0.1) is 5.92 Å². The summed E-state index contributed by atoms with van der Waals surface area (Å²) in [6.07, 6.45) is 0.871. The third-order valence-electron chi connectivity index (χ3n) is 3.51. The monoisotopic (exact) mass is 390 g/mol. The Hall–Kier alpha value is -2.11. The molecule has 2 aromatic rings. The molecule has 0 atom stereocenters. The van der Waals surface area contributed by atoms with E-state index in [2.05, 4.69) is 24.5 Å². The van der Waals surface area contributed by atoms with Crippen molar-refractivity contribution in [1.29, 1.82) is 0 Å². The van der Waals surface area contributed by atoms with Gasteiger partial charge >= 0.3 is 0 Å². The third kappa shape index (κ3) is 7.02. The second-order valence-corrected chi connectivity index (χ2v) is 7.14. The lowest BCUT2D eigenvalue weighted by Gasteiger charge is -2.12. The molecule has 0 fully saturated rings. The standard InChI is InChI=1S/C20H23ClN2O2S/c1-14(2)13-25-17-8-5-7-16(12-17)22-20(26)23-19(24)11-10-15-6-3-4-9-18(15)21/h3-9,12,14H,10-11,13H2,1-2H3,(H2,22,23,24,26). The zero-order chi connectivity index (χ0) is 18.9. The van der Waals surface area contributed by atoms with Crippen LogP contribution in [0.15, 0.2) is 48.5 Å². The van der Waals surface area contributed by atoms with E-state index in [1.54, 1.807) is 0 Å². The molecule has 0 bridgehead atoms. The number of benzene rings is 2. The Balaban J connectivity index is 1.81. The lowest BCUT2D eigenvalue weighted by molar-refractivity contribution is -0.119. The molecule has 2 N–H and O–H groups in total. The summed E-state index contributed by atoms with van der Waals surface area (Å²) in [5.41, 5.74) is 1.71. The summed E-state index contributed by atoms with van der Waals surface area (Å²) in [4.78, 5) is 12.1. The van der Waals surface area contributed by atoms with Gasteiger partial charge < -0.3 is 15.4 Å². The average molecular weight is 391 g/mol. The number of thiocarbonyl (C=S) groups is 1. The van der Waals surface area contributed by atoms with Gasteiger partial charge in [0.25, 0.3) is 0 Å². The number of hydrogen-bond donors (Lipinski definition) is 2. The van der Waals surface area contributed by atoms with Gasteiger partial charge in [0.15, 0.2) is 5.11 Å².